The molecule has 0 aliphatic carbocycles. The summed E-state index contributed by atoms with van der Waals surface area (Å²) in [7, 11) is 0. The van der Waals surface area contributed by atoms with Gasteiger partial charge < -0.3 is 10.1 Å². The molecule has 2 aromatic carbocycles. The van der Waals surface area contributed by atoms with Crippen molar-refractivity contribution in [3.05, 3.63) is 65.7 Å². The van der Waals surface area contributed by atoms with Crippen molar-refractivity contribution in [2.45, 2.75) is 39.5 Å². The summed E-state index contributed by atoms with van der Waals surface area (Å²) in [6.07, 6.45) is 1.27. The molecule has 20 heavy (non-hydrogen) atoms. The van der Waals surface area contributed by atoms with Crippen molar-refractivity contribution in [1.29, 1.82) is 0 Å². The SMILES string of the molecule is CCC(C)Oc1ccccc1CNCc1ccccc1. The van der Waals surface area contributed by atoms with Crippen molar-refractivity contribution in [2.75, 3.05) is 0 Å². The van der Waals surface area contributed by atoms with E-state index in [4.69, 9.17) is 4.74 Å². The summed E-state index contributed by atoms with van der Waals surface area (Å²) in [5, 5.41) is 3.47. The fourth-order valence-electron chi connectivity index (χ4n) is 2.00. The van der Waals surface area contributed by atoms with Gasteiger partial charge in [-0.05, 0) is 25.0 Å². The molecular weight excluding hydrogens is 246 g/mol. The summed E-state index contributed by atoms with van der Waals surface area (Å²) in [5.74, 6) is 0.988. The van der Waals surface area contributed by atoms with Gasteiger partial charge in [0.05, 0.1) is 6.10 Å². The number of benzene rings is 2. The van der Waals surface area contributed by atoms with Gasteiger partial charge in [-0.25, -0.2) is 0 Å². The standard InChI is InChI=1S/C18H23NO/c1-3-15(2)20-18-12-8-7-11-17(18)14-19-13-16-9-5-4-6-10-16/h4-12,15,19H,3,13-14H2,1-2H3. The maximum Gasteiger partial charge on any atom is 0.124 e. The summed E-state index contributed by atoms with van der Waals surface area (Å²) in [6, 6.07) is 18.7. The minimum atomic E-state index is 0.255. The van der Waals surface area contributed by atoms with Crippen LogP contribution in [0, 0.1) is 0 Å². The third kappa shape index (κ3) is 4.39. The Kier molecular flexibility index (Phi) is 5.63. The van der Waals surface area contributed by atoms with Crippen LogP contribution in [0.4, 0.5) is 0 Å². The van der Waals surface area contributed by atoms with Crippen LogP contribution >= 0.6 is 0 Å². The van der Waals surface area contributed by atoms with Crippen LogP contribution < -0.4 is 10.1 Å². The second-order valence-corrected chi connectivity index (χ2v) is 5.03. The highest BCUT2D eigenvalue weighted by Crippen LogP contribution is 2.20. The van der Waals surface area contributed by atoms with Crippen LogP contribution in [0.5, 0.6) is 5.75 Å². The molecule has 0 aliphatic heterocycles. The van der Waals surface area contributed by atoms with Gasteiger partial charge in [0.1, 0.15) is 5.75 Å². The number of ether oxygens (including phenoxy) is 1. The summed E-state index contributed by atoms with van der Waals surface area (Å²) in [6.45, 7) is 5.94. The van der Waals surface area contributed by atoms with Gasteiger partial charge >= 0.3 is 0 Å². The van der Waals surface area contributed by atoms with E-state index in [0.29, 0.717) is 0 Å². The van der Waals surface area contributed by atoms with Crippen LogP contribution in [0.25, 0.3) is 0 Å². The molecule has 0 spiro atoms. The molecule has 2 rings (SSSR count). The summed E-state index contributed by atoms with van der Waals surface area (Å²) in [5.41, 5.74) is 2.51. The van der Waals surface area contributed by atoms with Gasteiger partial charge in [-0.15, -0.1) is 0 Å². The van der Waals surface area contributed by atoms with Gasteiger partial charge in [0.25, 0.3) is 0 Å². The molecule has 2 heteroatoms. The first-order valence-corrected chi connectivity index (χ1v) is 7.28. The second-order valence-electron chi connectivity index (χ2n) is 5.03. The topological polar surface area (TPSA) is 21.3 Å². The minimum absolute atomic E-state index is 0.255. The zero-order valence-corrected chi connectivity index (χ0v) is 12.3. The molecule has 0 heterocycles. The van der Waals surface area contributed by atoms with Crippen molar-refractivity contribution in [3.8, 4) is 5.75 Å². The Labute approximate surface area is 121 Å². The lowest BCUT2D eigenvalue weighted by atomic mass is 10.2. The molecule has 1 unspecified atom stereocenters. The minimum Gasteiger partial charge on any atom is -0.490 e. The van der Waals surface area contributed by atoms with Crippen LogP contribution in [0.1, 0.15) is 31.4 Å². The Bertz CT molecular complexity index is 510. The Balaban J connectivity index is 1.92. The molecule has 0 saturated carbocycles. The monoisotopic (exact) mass is 269 g/mol. The van der Waals surface area contributed by atoms with Crippen LogP contribution in [0.2, 0.25) is 0 Å². The largest absolute Gasteiger partial charge is 0.490 e. The average Bonchev–Trinajstić information content (AvgIpc) is 2.50. The Morgan fingerprint density at radius 3 is 2.40 bits per heavy atom. The maximum atomic E-state index is 5.96. The van der Waals surface area contributed by atoms with Crippen LogP contribution in [-0.2, 0) is 13.1 Å². The molecule has 1 N–H and O–H groups in total. The molecule has 0 fully saturated rings. The van der Waals surface area contributed by atoms with Crippen LogP contribution in [0.3, 0.4) is 0 Å². The van der Waals surface area contributed by atoms with E-state index in [0.717, 1.165) is 25.3 Å². The normalized spacial score (nSPS) is 12.1. The van der Waals surface area contributed by atoms with Crippen molar-refractivity contribution in [1.82, 2.24) is 5.32 Å². The van der Waals surface area contributed by atoms with Gasteiger partial charge in [-0.3, -0.25) is 0 Å². The number of hydrogen-bond donors (Lipinski definition) is 1. The first kappa shape index (κ1) is 14.6. The van der Waals surface area contributed by atoms with E-state index in [-0.39, 0.29) is 6.10 Å². The van der Waals surface area contributed by atoms with Crippen LogP contribution in [-0.4, -0.2) is 6.10 Å². The third-order valence-electron chi connectivity index (χ3n) is 3.36. The molecule has 0 bridgehead atoms. The average molecular weight is 269 g/mol. The Morgan fingerprint density at radius 1 is 0.950 bits per heavy atom. The third-order valence-corrected chi connectivity index (χ3v) is 3.36. The lowest BCUT2D eigenvalue weighted by Gasteiger charge is -2.16. The molecule has 1 atom stereocenters. The molecule has 0 aliphatic rings. The van der Waals surface area contributed by atoms with E-state index in [9.17, 15) is 0 Å². The fraction of sp³-hybridized carbons (Fsp3) is 0.333. The van der Waals surface area contributed by atoms with E-state index in [1.807, 2.05) is 18.2 Å². The lowest BCUT2D eigenvalue weighted by molar-refractivity contribution is 0.215. The zero-order valence-electron chi connectivity index (χ0n) is 12.3. The van der Waals surface area contributed by atoms with E-state index in [2.05, 4.69) is 55.6 Å². The van der Waals surface area contributed by atoms with Crippen molar-refractivity contribution < 1.29 is 4.74 Å². The highest BCUT2D eigenvalue weighted by Gasteiger charge is 2.06. The smallest absolute Gasteiger partial charge is 0.124 e. The predicted molar refractivity (Wildman–Crippen MR) is 83.8 cm³/mol. The molecule has 0 radical (unpaired) electrons. The van der Waals surface area contributed by atoms with Gasteiger partial charge in [0.2, 0.25) is 0 Å². The van der Waals surface area contributed by atoms with E-state index >= 15 is 0 Å². The fourth-order valence-corrected chi connectivity index (χ4v) is 2.00. The van der Waals surface area contributed by atoms with Crippen LogP contribution in [0.15, 0.2) is 54.6 Å². The summed E-state index contributed by atoms with van der Waals surface area (Å²) < 4.78 is 5.96. The van der Waals surface area contributed by atoms with Gasteiger partial charge in [0, 0.05) is 18.7 Å². The van der Waals surface area contributed by atoms with Crippen molar-refractivity contribution >= 4 is 0 Å². The van der Waals surface area contributed by atoms with Crippen molar-refractivity contribution in [3.63, 3.8) is 0 Å². The number of nitrogens with one attached hydrogen (secondary N) is 1. The highest BCUT2D eigenvalue weighted by molar-refractivity contribution is 5.33. The highest BCUT2D eigenvalue weighted by atomic mass is 16.5. The predicted octanol–water partition coefficient (Wildman–Crippen LogP) is 4.15. The zero-order chi connectivity index (χ0) is 14.2. The molecule has 0 aromatic heterocycles. The summed E-state index contributed by atoms with van der Waals surface area (Å²) >= 11 is 0. The molecule has 0 saturated heterocycles. The first-order valence-electron chi connectivity index (χ1n) is 7.28. The first-order chi connectivity index (χ1) is 9.79. The quantitative estimate of drug-likeness (QED) is 0.815. The number of rotatable bonds is 7. The maximum absolute atomic E-state index is 5.96. The molecule has 0 amide bonds. The van der Waals surface area contributed by atoms with Gasteiger partial charge in [-0.2, -0.15) is 0 Å². The van der Waals surface area contributed by atoms with E-state index < -0.39 is 0 Å². The van der Waals surface area contributed by atoms with Gasteiger partial charge in [0.15, 0.2) is 0 Å². The number of hydrogen-bond acceptors (Lipinski definition) is 2. The second kappa shape index (κ2) is 7.71. The summed E-state index contributed by atoms with van der Waals surface area (Å²) in [4.78, 5) is 0. The number of para-hydroxylation sites is 1. The lowest BCUT2D eigenvalue weighted by Crippen LogP contribution is -2.16. The van der Waals surface area contributed by atoms with Crippen molar-refractivity contribution in [2.24, 2.45) is 0 Å². The molecular formula is C18H23NO. The molecule has 106 valence electrons. The Hall–Kier alpha value is -1.80. The van der Waals surface area contributed by atoms with Gasteiger partial charge in [-0.1, -0.05) is 55.5 Å². The van der Waals surface area contributed by atoms with E-state index in [1.54, 1.807) is 0 Å². The molecule has 2 aromatic rings. The van der Waals surface area contributed by atoms with E-state index in [1.165, 1.54) is 11.1 Å². The Morgan fingerprint density at radius 2 is 1.65 bits per heavy atom. The molecule has 2 nitrogen and oxygen atoms in total.